The Bertz CT molecular complexity index is 951. The number of carbonyl (C=O) groups excluding carboxylic acids is 1. The normalized spacial score (nSPS) is 13.4. The molecule has 0 aromatic heterocycles. The second-order valence-corrected chi connectivity index (χ2v) is 20.2. The summed E-state index contributed by atoms with van der Waals surface area (Å²) < 4.78 is 0. The van der Waals surface area contributed by atoms with Gasteiger partial charge in [-0.1, -0.05) is 314 Å². The highest BCUT2D eigenvalue weighted by Gasteiger charge is 2.22. The Morgan fingerprint density at radius 2 is 0.641 bits per heavy atom. The van der Waals surface area contributed by atoms with Crippen molar-refractivity contribution in [3.05, 3.63) is 24.3 Å². The van der Waals surface area contributed by atoms with Crippen molar-refractivity contribution in [2.24, 2.45) is 0 Å². The first-order valence-electron chi connectivity index (χ1n) is 29.2. The molecule has 3 unspecified atom stereocenters. The second-order valence-electron chi connectivity index (χ2n) is 20.2. The molecule has 5 nitrogen and oxygen atoms in total. The van der Waals surface area contributed by atoms with Crippen LogP contribution in [0.2, 0.25) is 0 Å². The first-order chi connectivity index (χ1) is 31.6. The van der Waals surface area contributed by atoms with Crippen molar-refractivity contribution in [1.29, 1.82) is 0 Å². The minimum atomic E-state index is -1.10. The van der Waals surface area contributed by atoms with Crippen molar-refractivity contribution in [3.63, 3.8) is 0 Å². The lowest BCUT2D eigenvalue weighted by atomic mass is 10.0. The molecule has 64 heavy (non-hydrogen) atoms. The SMILES string of the molecule is CCCCCCCCCC/C=C/CC/C=C/C(O)C(CO)NC(=O)C(O)CCCCCCCCCCCCCCCCCCCCCCCCCCCCCCCCCCCCCC. The zero-order valence-corrected chi connectivity index (χ0v) is 43.4. The Labute approximate surface area is 401 Å². The summed E-state index contributed by atoms with van der Waals surface area (Å²) in [6.07, 6.45) is 70.0. The molecule has 5 heteroatoms. The molecule has 0 radical (unpaired) electrons. The summed E-state index contributed by atoms with van der Waals surface area (Å²) >= 11 is 0. The molecule has 0 bridgehead atoms. The van der Waals surface area contributed by atoms with E-state index in [1.54, 1.807) is 6.08 Å². The quantitative estimate of drug-likeness (QED) is 0.0362. The van der Waals surface area contributed by atoms with Crippen molar-refractivity contribution in [1.82, 2.24) is 5.32 Å². The van der Waals surface area contributed by atoms with E-state index in [-0.39, 0.29) is 6.61 Å². The van der Waals surface area contributed by atoms with Crippen molar-refractivity contribution in [2.45, 2.75) is 340 Å². The van der Waals surface area contributed by atoms with Gasteiger partial charge in [0.15, 0.2) is 0 Å². The van der Waals surface area contributed by atoms with Crippen molar-refractivity contribution < 1.29 is 20.1 Å². The molecule has 0 aliphatic heterocycles. The molecular formula is C59H115NO4. The highest BCUT2D eigenvalue weighted by Crippen LogP contribution is 2.18. The molecule has 0 rings (SSSR count). The number of unbranched alkanes of at least 4 members (excludes halogenated alkanes) is 44. The van der Waals surface area contributed by atoms with Crippen LogP contribution in [0, 0.1) is 0 Å². The van der Waals surface area contributed by atoms with Gasteiger partial charge in [-0.3, -0.25) is 4.79 Å². The number of amides is 1. The molecule has 0 aromatic rings. The van der Waals surface area contributed by atoms with E-state index in [9.17, 15) is 20.1 Å². The predicted molar refractivity (Wildman–Crippen MR) is 282 cm³/mol. The molecule has 0 saturated carbocycles. The van der Waals surface area contributed by atoms with Gasteiger partial charge in [0.25, 0.3) is 0 Å². The van der Waals surface area contributed by atoms with Gasteiger partial charge in [-0.05, 0) is 32.1 Å². The fraction of sp³-hybridized carbons (Fsp3) is 0.915. The van der Waals surface area contributed by atoms with Gasteiger partial charge < -0.3 is 20.6 Å². The van der Waals surface area contributed by atoms with Crippen LogP contribution in [-0.2, 0) is 4.79 Å². The Hall–Kier alpha value is -1.17. The Morgan fingerprint density at radius 1 is 0.375 bits per heavy atom. The summed E-state index contributed by atoms with van der Waals surface area (Å²) in [5.41, 5.74) is 0. The van der Waals surface area contributed by atoms with Gasteiger partial charge in [0.1, 0.15) is 6.10 Å². The molecule has 0 aliphatic carbocycles. The number of hydrogen-bond acceptors (Lipinski definition) is 4. The van der Waals surface area contributed by atoms with Crippen LogP contribution in [-0.4, -0.2) is 46.1 Å². The predicted octanol–water partition coefficient (Wildman–Crippen LogP) is 18.1. The van der Waals surface area contributed by atoms with E-state index < -0.39 is 24.2 Å². The molecule has 1 amide bonds. The molecule has 4 N–H and O–H groups in total. The van der Waals surface area contributed by atoms with E-state index in [0.717, 1.165) is 38.5 Å². The van der Waals surface area contributed by atoms with Crippen LogP contribution in [0.15, 0.2) is 24.3 Å². The Morgan fingerprint density at radius 3 is 0.953 bits per heavy atom. The van der Waals surface area contributed by atoms with E-state index in [4.69, 9.17) is 0 Å². The van der Waals surface area contributed by atoms with Crippen molar-refractivity contribution in [2.75, 3.05) is 6.61 Å². The highest BCUT2D eigenvalue weighted by molar-refractivity contribution is 5.80. The monoisotopic (exact) mass is 902 g/mol. The number of aliphatic hydroxyl groups is 3. The van der Waals surface area contributed by atoms with E-state index in [1.807, 2.05) is 6.08 Å². The molecular weight excluding hydrogens is 787 g/mol. The van der Waals surface area contributed by atoms with Crippen LogP contribution in [0.25, 0.3) is 0 Å². The lowest BCUT2D eigenvalue weighted by Crippen LogP contribution is -2.48. The fourth-order valence-electron chi connectivity index (χ4n) is 9.26. The van der Waals surface area contributed by atoms with E-state index in [2.05, 4.69) is 31.3 Å². The molecule has 0 aromatic carbocycles. The summed E-state index contributed by atoms with van der Waals surface area (Å²) in [6, 6.07) is -0.811. The van der Waals surface area contributed by atoms with E-state index in [1.165, 1.54) is 263 Å². The maximum atomic E-state index is 12.5. The molecule has 3 atom stereocenters. The highest BCUT2D eigenvalue weighted by atomic mass is 16.3. The molecule has 380 valence electrons. The first kappa shape index (κ1) is 62.8. The van der Waals surface area contributed by atoms with Gasteiger partial charge in [-0.2, -0.15) is 0 Å². The lowest BCUT2D eigenvalue weighted by Gasteiger charge is -2.21. The molecule has 0 fully saturated rings. The van der Waals surface area contributed by atoms with Crippen LogP contribution in [0.1, 0.15) is 322 Å². The van der Waals surface area contributed by atoms with Crippen LogP contribution >= 0.6 is 0 Å². The minimum Gasteiger partial charge on any atom is -0.394 e. The number of rotatable bonds is 54. The van der Waals surface area contributed by atoms with E-state index in [0.29, 0.717) is 6.42 Å². The molecule has 0 aliphatic rings. The number of hydrogen-bond donors (Lipinski definition) is 4. The third kappa shape index (κ3) is 48.8. The number of aliphatic hydroxyl groups excluding tert-OH is 3. The average molecular weight is 903 g/mol. The van der Waals surface area contributed by atoms with Crippen LogP contribution in [0.5, 0.6) is 0 Å². The van der Waals surface area contributed by atoms with Crippen LogP contribution < -0.4 is 5.32 Å². The maximum absolute atomic E-state index is 12.5. The Balaban J connectivity index is 3.45. The topological polar surface area (TPSA) is 89.8 Å². The summed E-state index contributed by atoms with van der Waals surface area (Å²) in [5.74, 6) is -0.508. The second kappa shape index (κ2) is 54.4. The van der Waals surface area contributed by atoms with Crippen molar-refractivity contribution in [3.8, 4) is 0 Å². The lowest BCUT2D eigenvalue weighted by molar-refractivity contribution is -0.131. The third-order valence-electron chi connectivity index (χ3n) is 13.8. The summed E-state index contributed by atoms with van der Waals surface area (Å²) in [6.45, 7) is 4.19. The maximum Gasteiger partial charge on any atom is 0.249 e. The standard InChI is InChI=1S/C59H115NO4/c1-3-5-7-9-11-13-15-17-19-20-21-22-23-24-25-26-27-28-29-30-31-32-33-34-35-36-37-38-39-40-42-44-46-48-50-52-54-58(63)59(64)60-56(55-61)57(62)53-51-49-47-45-43-41-18-16-14-12-10-8-6-4-2/h43,45,51,53,56-58,61-63H,3-42,44,46-50,52,54-55H2,1-2H3,(H,60,64)/b45-43+,53-51+. The zero-order valence-electron chi connectivity index (χ0n) is 43.4. The van der Waals surface area contributed by atoms with Gasteiger partial charge in [0.05, 0.1) is 18.8 Å². The number of allylic oxidation sites excluding steroid dienone is 3. The van der Waals surface area contributed by atoms with Crippen LogP contribution in [0.4, 0.5) is 0 Å². The van der Waals surface area contributed by atoms with Gasteiger partial charge in [-0.25, -0.2) is 0 Å². The number of carbonyl (C=O) groups is 1. The third-order valence-corrected chi connectivity index (χ3v) is 13.8. The van der Waals surface area contributed by atoms with Gasteiger partial charge in [0.2, 0.25) is 5.91 Å². The Kier molecular flexibility index (Phi) is 53.4. The van der Waals surface area contributed by atoms with Crippen LogP contribution in [0.3, 0.4) is 0 Å². The molecule has 0 saturated heterocycles. The summed E-state index contributed by atoms with van der Waals surface area (Å²) in [7, 11) is 0. The molecule has 0 spiro atoms. The zero-order chi connectivity index (χ0) is 46.5. The first-order valence-corrected chi connectivity index (χ1v) is 29.2. The smallest absolute Gasteiger partial charge is 0.249 e. The van der Waals surface area contributed by atoms with Gasteiger partial charge in [0, 0.05) is 0 Å². The van der Waals surface area contributed by atoms with Gasteiger partial charge >= 0.3 is 0 Å². The summed E-state index contributed by atoms with van der Waals surface area (Å²) in [5, 5.41) is 33.2. The largest absolute Gasteiger partial charge is 0.394 e. The molecule has 0 heterocycles. The van der Waals surface area contributed by atoms with E-state index >= 15 is 0 Å². The minimum absolute atomic E-state index is 0.373. The summed E-state index contributed by atoms with van der Waals surface area (Å²) in [4.78, 5) is 12.5. The average Bonchev–Trinajstić information content (AvgIpc) is 3.30. The van der Waals surface area contributed by atoms with Crippen molar-refractivity contribution >= 4 is 5.91 Å². The fourth-order valence-corrected chi connectivity index (χ4v) is 9.26. The van der Waals surface area contributed by atoms with Gasteiger partial charge in [-0.15, -0.1) is 0 Å². The number of nitrogens with one attached hydrogen (secondary N) is 1.